The van der Waals surface area contributed by atoms with Crippen molar-refractivity contribution in [2.75, 3.05) is 6.54 Å². The third kappa shape index (κ3) is 3.41. The zero-order valence-electron chi connectivity index (χ0n) is 10.1. The molecule has 0 heterocycles. The van der Waals surface area contributed by atoms with E-state index in [1.54, 1.807) is 12.2 Å². The van der Waals surface area contributed by atoms with Gasteiger partial charge in [-0.05, 0) is 30.1 Å². The van der Waals surface area contributed by atoms with Crippen molar-refractivity contribution in [2.45, 2.75) is 46.1 Å². The Morgan fingerprint density at radius 3 is 2.44 bits per heavy atom. The highest BCUT2D eigenvalue weighted by atomic mass is 16.1. The molecule has 1 unspecified atom stereocenters. The fourth-order valence-corrected chi connectivity index (χ4v) is 3.09. The van der Waals surface area contributed by atoms with Crippen molar-refractivity contribution in [1.29, 1.82) is 0 Å². The summed E-state index contributed by atoms with van der Waals surface area (Å²) in [7, 11) is 0. The third-order valence-electron chi connectivity index (χ3n) is 3.18. The molecule has 0 amide bonds. The van der Waals surface area contributed by atoms with Gasteiger partial charge in [-0.3, -0.25) is 0 Å². The van der Waals surface area contributed by atoms with E-state index in [9.17, 15) is 9.59 Å². The summed E-state index contributed by atoms with van der Waals surface area (Å²) < 4.78 is 0. The summed E-state index contributed by atoms with van der Waals surface area (Å²) in [6, 6.07) is 0.00750. The molecule has 1 rings (SSSR count). The van der Waals surface area contributed by atoms with Crippen LogP contribution < -0.4 is 0 Å². The maximum absolute atomic E-state index is 10.3. The zero-order chi connectivity index (χ0) is 12.2. The average molecular weight is 222 g/mol. The van der Waals surface area contributed by atoms with Crippen LogP contribution in [0.5, 0.6) is 0 Å². The van der Waals surface area contributed by atoms with Crippen molar-refractivity contribution in [2.24, 2.45) is 20.8 Å². The van der Waals surface area contributed by atoms with Crippen LogP contribution in [-0.4, -0.2) is 24.7 Å². The maximum Gasteiger partial charge on any atom is 0.235 e. The first-order valence-corrected chi connectivity index (χ1v) is 5.51. The van der Waals surface area contributed by atoms with Crippen LogP contribution in [0.2, 0.25) is 0 Å². The molecule has 88 valence electrons. The van der Waals surface area contributed by atoms with Crippen LogP contribution in [-0.2, 0) is 9.59 Å². The van der Waals surface area contributed by atoms with Crippen LogP contribution in [0.4, 0.5) is 0 Å². The van der Waals surface area contributed by atoms with Crippen LogP contribution >= 0.6 is 0 Å². The van der Waals surface area contributed by atoms with Gasteiger partial charge in [0.05, 0.1) is 12.6 Å². The molecular formula is C12H18N2O2. The van der Waals surface area contributed by atoms with Crippen molar-refractivity contribution in [1.82, 2.24) is 0 Å². The van der Waals surface area contributed by atoms with Crippen LogP contribution in [0.3, 0.4) is 0 Å². The normalized spacial score (nSPS) is 32.3. The molecular weight excluding hydrogens is 204 g/mol. The van der Waals surface area contributed by atoms with Crippen molar-refractivity contribution < 1.29 is 9.59 Å². The van der Waals surface area contributed by atoms with Gasteiger partial charge in [-0.2, -0.15) is 0 Å². The van der Waals surface area contributed by atoms with Gasteiger partial charge in [-0.15, -0.1) is 0 Å². The van der Waals surface area contributed by atoms with Gasteiger partial charge >= 0.3 is 0 Å². The van der Waals surface area contributed by atoms with E-state index < -0.39 is 0 Å². The number of carbonyl (C=O) groups excluding carboxylic acids is 2. The van der Waals surface area contributed by atoms with E-state index in [1.165, 1.54) is 0 Å². The van der Waals surface area contributed by atoms with Gasteiger partial charge in [-0.25, -0.2) is 19.6 Å². The van der Waals surface area contributed by atoms with Crippen LogP contribution in [0.1, 0.15) is 40.0 Å². The molecule has 0 bridgehead atoms. The molecule has 0 aromatic rings. The summed E-state index contributed by atoms with van der Waals surface area (Å²) in [6.45, 7) is 6.86. The molecule has 1 saturated carbocycles. The lowest BCUT2D eigenvalue weighted by molar-refractivity contribution is 0.0915. The van der Waals surface area contributed by atoms with Crippen molar-refractivity contribution in [3.05, 3.63) is 0 Å². The van der Waals surface area contributed by atoms with Gasteiger partial charge in [0.25, 0.3) is 0 Å². The minimum Gasteiger partial charge on any atom is -0.211 e. The highest BCUT2D eigenvalue weighted by Gasteiger charge is 2.41. The molecule has 1 fully saturated rings. The molecule has 0 aromatic heterocycles. The fraction of sp³-hybridized carbons (Fsp3) is 0.833. The lowest BCUT2D eigenvalue weighted by Gasteiger charge is -2.44. The molecule has 0 aromatic carbocycles. The standard InChI is InChI=1S/C12H18N2O2/c1-11(2)4-10(14-9-16)5-12(3,6-11)7-13-8-15/h10H,4-7H2,1-3H3/t10?,12-/m0/s1. The van der Waals surface area contributed by atoms with Crippen molar-refractivity contribution in [3.63, 3.8) is 0 Å². The Labute approximate surface area is 95.9 Å². The van der Waals surface area contributed by atoms with Gasteiger partial charge in [0.2, 0.25) is 12.2 Å². The topological polar surface area (TPSA) is 58.9 Å². The largest absolute Gasteiger partial charge is 0.235 e. The van der Waals surface area contributed by atoms with Gasteiger partial charge in [-0.1, -0.05) is 20.8 Å². The highest BCUT2D eigenvalue weighted by molar-refractivity contribution is 5.34. The third-order valence-corrected chi connectivity index (χ3v) is 3.18. The summed E-state index contributed by atoms with van der Waals surface area (Å²) in [5.74, 6) is 0. The quantitative estimate of drug-likeness (QED) is 0.543. The number of rotatable bonds is 3. The zero-order valence-corrected chi connectivity index (χ0v) is 10.1. The van der Waals surface area contributed by atoms with E-state index in [2.05, 4.69) is 30.8 Å². The second kappa shape index (κ2) is 4.73. The molecule has 1 aliphatic rings. The Morgan fingerprint density at radius 1 is 1.19 bits per heavy atom. The fourth-order valence-electron chi connectivity index (χ4n) is 3.09. The number of isocyanates is 2. The SMILES string of the molecule is CC1(C)CC(N=C=O)C[C@](C)(CN=C=O)C1. The molecule has 4 heteroatoms. The minimum atomic E-state index is -0.0653. The molecule has 0 radical (unpaired) electrons. The summed E-state index contributed by atoms with van der Waals surface area (Å²) in [5.41, 5.74) is 0.0561. The molecule has 0 spiro atoms. The summed E-state index contributed by atoms with van der Waals surface area (Å²) in [5, 5.41) is 0. The first kappa shape index (κ1) is 12.8. The Hall–Kier alpha value is -1.24. The van der Waals surface area contributed by atoms with Crippen LogP contribution in [0.15, 0.2) is 9.98 Å². The molecule has 16 heavy (non-hydrogen) atoms. The van der Waals surface area contributed by atoms with Gasteiger partial charge in [0, 0.05) is 0 Å². The molecule has 0 N–H and O–H groups in total. The second-order valence-corrected chi connectivity index (χ2v) is 5.84. The van der Waals surface area contributed by atoms with Gasteiger partial charge < -0.3 is 0 Å². The Balaban J connectivity index is 2.85. The van der Waals surface area contributed by atoms with E-state index >= 15 is 0 Å². The van der Waals surface area contributed by atoms with E-state index in [-0.39, 0.29) is 16.9 Å². The summed E-state index contributed by atoms with van der Waals surface area (Å²) in [4.78, 5) is 28.0. The molecule has 4 nitrogen and oxygen atoms in total. The molecule has 2 atom stereocenters. The highest BCUT2D eigenvalue weighted by Crippen LogP contribution is 2.47. The predicted molar refractivity (Wildman–Crippen MR) is 60.6 cm³/mol. The molecule has 1 aliphatic carbocycles. The smallest absolute Gasteiger partial charge is 0.211 e. The van der Waals surface area contributed by atoms with Gasteiger partial charge in [0.1, 0.15) is 0 Å². The monoisotopic (exact) mass is 222 g/mol. The molecule has 0 saturated heterocycles. The first-order chi connectivity index (χ1) is 7.41. The van der Waals surface area contributed by atoms with Crippen LogP contribution in [0.25, 0.3) is 0 Å². The number of aliphatic imine (C=N–C) groups is 2. The number of hydrogen-bond donors (Lipinski definition) is 0. The number of nitrogens with zero attached hydrogens (tertiary/aromatic N) is 2. The Kier molecular flexibility index (Phi) is 3.79. The number of hydrogen-bond acceptors (Lipinski definition) is 4. The van der Waals surface area contributed by atoms with Crippen molar-refractivity contribution >= 4 is 12.2 Å². The lowest BCUT2D eigenvalue weighted by Crippen LogP contribution is -2.39. The van der Waals surface area contributed by atoms with E-state index in [0.29, 0.717) is 6.54 Å². The van der Waals surface area contributed by atoms with E-state index in [4.69, 9.17) is 0 Å². The summed E-state index contributed by atoms with van der Waals surface area (Å²) in [6.07, 6.45) is 5.88. The maximum atomic E-state index is 10.3. The van der Waals surface area contributed by atoms with E-state index in [1.807, 2.05) is 0 Å². The Bertz CT molecular complexity index is 352. The minimum absolute atomic E-state index is 0.00750. The lowest BCUT2D eigenvalue weighted by atomic mass is 9.63. The second-order valence-electron chi connectivity index (χ2n) is 5.84. The Morgan fingerprint density at radius 2 is 1.88 bits per heavy atom. The first-order valence-electron chi connectivity index (χ1n) is 5.51. The molecule has 0 aliphatic heterocycles. The van der Waals surface area contributed by atoms with Crippen molar-refractivity contribution in [3.8, 4) is 0 Å². The predicted octanol–water partition coefficient (Wildman–Crippen LogP) is 2.24. The average Bonchev–Trinajstić information content (AvgIpc) is 2.12. The summed E-state index contributed by atoms with van der Waals surface area (Å²) >= 11 is 0. The van der Waals surface area contributed by atoms with Gasteiger partial charge in [0.15, 0.2) is 0 Å². The van der Waals surface area contributed by atoms with Crippen LogP contribution in [0, 0.1) is 10.8 Å². The van der Waals surface area contributed by atoms with E-state index in [0.717, 1.165) is 19.3 Å².